The summed E-state index contributed by atoms with van der Waals surface area (Å²) in [6, 6.07) is 8.68. The quantitative estimate of drug-likeness (QED) is 0.573. The van der Waals surface area contributed by atoms with Crippen LogP contribution >= 0.6 is 11.3 Å². The smallest absolute Gasteiger partial charge is 0.274 e. The topological polar surface area (TPSA) is 81.0 Å². The van der Waals surface area contributed by atoms with Crippen LogP contribution in [0, 0.1) is 10.1 Å². The number of nitro groups is 1. The molecule has 0 radical (unpaired) electrons. The zero-order valence-corrected chi connectivity index (χ0v) is 12.3. The lowest BCUT2D eigenvalue weighted by molar-refractivity contribution is -0.385. The molecule has 3 rings (SSSR count). The van der Waals surface area contributed by atoms with Crippen molar-refractivity contribution in [2.24, 2.45) is 0 Å². The molecule has 0 bridgehead atoms. The number of aromatic nitrogens is 2. The first-order valence-corrected chi connectivity index (χ1v) is 7.43. The van der Waals surface area contributed by atoms with Gasteiger partial charge in [-0.15, -0.1) is 11.3 Å². The van der Waals surface area contributed by atoms with E-state index < -0.39 is 0 Å². The van der Waals surface area contributed by atoms with Crippen molar-refractivity contribution in [3.8, 4) is 10.6 Å². The van der Waals surface area contributed by atoms with Crippen molar-refractivity contribution in [3.63, 3.8) is 0 Å². The number of hydrogen-bond donors (Lipinski definition) is 1. The average molecular weight is 312 g/mol. The first-order valence-electron chi connectivity index (χ1n) is 6.55. The van der Waals surface area contributed by atoms with E-state index in [-0.39, 0.29) is 10.6 Å². The molecule has 110 valence electrons. The van der Waals surface area contributed by atoms with E-state index in [0.29, 0.717) is 12.1 Å². The van der Waals surface area contributed by atoms with Gasteiger partial charge in [-0.1, -0.05) is 18.2 Å². The van der Waals surface area contributed by atoms with E-state index in [1.54, 1.807) is 48.1 Å². The Balaban J connectivity index is 1.73. The minimum absolute atomic E-state index is 0.124. The summed E-state index contributed by atoms with van der Waals surface area (Å²) in [5.74, 6) is 0. The van der Waals surface area contributed by atoms with Crippen molar-refractivity contribution < 1.29 is 4.92 Å². The van der Waals surface area contributed by atoms with Gasteiger partial charge in [0.25, 0.3) is 5.69 Å². The van der Waals surface area contributed by atoms with Crippen molar-refractivity contribution in [2.45, 2.75) is 6.54 Å². The molecular weight excluding hydrogens is 300 g/mol. The molecule has 7 heteroatoms. The largest absolute Gasteiger partial charge is 0.380 e. The summed E-state index contributed by atoms with van der Waals surface area (Å²) in [7, 11) is 0. The second-order valence-corrected chi connectivity index (χ2v) is 5.44. The van der Waals surface area contributed by atoms with Crippen LogP contribution in [0.3, 0.4) is 0 Å². The maximum Gasteiger partial charge on any atom is 0.274 e. The van der Waals surface area contributed by atoms with Crippen molar-refractivity contribution >= 4 is 22.7 Å². The number of nitro benzene ring substituents is 1. The number of anilines is 1. The highest BCUT2D eigenvalue weighted by atomic mass is 32.1. The maximum absolute atomic E-state index is 11.0. The highest BCUT2D eigenvalue weighted by Crippen LogP contribution is 2.28. The third-order valence-corrected chi connectivity index (χ3v) is 4.04. The van der Waals surface area contributed by atoms with Crippen LogP contribution in [0.4, 0.5) is 11.4 Å². The van der Waals surface area contributed by atoms with Crippen molar-refractivity contribution in [1.82, 2.24) is 9.97 Å². The Labute approximate surface area is 130 Å². The summed E-state index contributed by atoms with van der Waals surface area (Å²) in [5.41, 5.74) is 2.49. The Morgan fingerprint density at radius 1 is 1.27 bits per heavy atom. The van der Waals surface area contributed by atoms with Gasteiger partial charge in [0, 0.05) is 41.6 Å². The molecule has 0 aliphatic carbocycles. The van der Waals surface area contributed by atoms with Gasteiger partial charge >= 0.3 is 0 Å². The van der Waals surface area contributed by atoms with Crippen LogP contribution in [0.2, 0.25) is 0 Å². The van der Waals surface area contributed by atoms with E-state index in [9.17, 15) is 10.1 Å². The van der Waals surface area contributed by atoms with Gasteiger partial charge in [-0.05, 0) is 6.07 Å². The predicted octanol–water partition coefficient (Wildman–Crippen LogP) is 3.73. The average Bonchev–Trinajstić information content (AvgIpc) is 3.03. The van der Waals surface area contributed by atoms with E-state index in [1.165, 1.54) is 6.07 Å². The van der Waals surface area contributed by atoms with E-state index in [1.807, 2.05) is 11.4 Å². The van der Waals surface area contributed by atoms with E-state index in [4.69, 9.17) is 0 Å². The summed E-state index contributed by atoms with van der Waals surface area (Å²) in [4.78, 5) is 19.9. The molecule has 0 unspecified atom stereocenters. The van der Waals surface area contributed by atoms with Crippen LogP contribution in [-0.2, 0) is 6.54 Å². The highest BCUT2D eigenvalue weighted by molar-refractivity contribution is 7.14. The Morgan fingerprint density at radius 3 is 2.91 bits per heavy atom. The van der Waals surface area contributed by atoms with Crippen molar-refractivity contribution in [1.29, 1.82) is 0 Å². The fourth-order valence-corrected chi connectivity index (χ4v) is 2.85. The van der Waals surface area contributed by atoms with Crippen molar-refractivity contribution in [2.75, 3.05) is 5.32 Å². The van der Waals surface area contributed by atoms with Gasteiger partial charge < -0.3 is 5.32 Å². The number of para-hydroxylation sites is 1. The molecule has 0 atom stereocenters. The molecular formula is C15H12N4O2S. The molecule has 3 aromatic rings. The summed E-state index contributed by atoms with van der Waals surface area (Å²) in [5, 5.41) is 16.1. The minimum Gasteiger partial charge on any atom is -0.380 e. The molecule has 0 fully saturated rings. The Hall–Kier alpha value is -2.80. The van der Waals surface area contributed by atoms with Crippen LogP contribution in [-0.4, -0.2) is 14.9 Å². The number of nitrogens with one attached hydrogen (secondary N) is 1. The van der Waals surface area contributed by atoms with Crippen LogP contribution in [0.1, 0.15) is 5.56 Å². The first kappa shape index (κ1) is 14.2. The van der Waals surface area contributed by atoms with Gasteiger partial charge in [0.15, 0.2) is 0 Å². The standard InChI is InChI=1S/C15H12N4O2S/c20-19(21)14-4-2-1-3-11(14)8-18-12-7-15(22-10-12)13-9-16-5-6-17-13/h1-7,9-10,18H,8H2. The normalized spacial score (nSPS) is 10.4. The van der Waals surface area contributed by atoms with Gasteiger partial charge in [0.2, 0.25) is 0 Å². The van der Waals surface area contributed by atoms with Crippen LogP contribution < -0.4 is 5.32 Å². The van der Waals surface area contributed by atoms with Crippen molar-refractivity contribution in [3.05, 3.63) is 70.0 Å². The lowest BCUT2D eigenvalue weighted by Gasteiger charge is -2.04. The Kier molecular flexibility index (Phi) is 4.06. The summed E-state index contributed by atoms with van der Waals surface area (Å²) in [6.07, 6.45) is 4.98. The van der Waals surface area contributed by atoms with Gasteiger partial charge in [0.1, 0.15) is 0 Å². The molecule has 0 saturated heterocycles. The molecule has 0 aliphatic heterocycles. The predicted molar refractivity (Wildman–Crippen MR) is 85.8 cm³/mol. The van der Waals surface area contributed by atoms with Gasteiger partial charge in [-0.3, -0.25) is 20.1 Å². The van der Waals surface area contributed by atoms with Crippen LogP contribution in [0.15, 0.2) is 54.3 Å². The summed E-state index contributed by atoms with van der Waals surface area (Å²) < 4.78 is 0. The minimum atomic E-state index is -0.365. The Bertz CT molecular complexity index is 789. The molecule has 1 aromatic carbocycles. The molecule has 2 aromatic heterocycles. The second-order valence-electron chi connectivity index (χ2n) is 4.53. The number of benzene rings is 1. The molecule has 0 amide bonds. The van der Waals surface area contributed by atoms with Gasteiger partial charge in [0.05, 0.1) is 21.7 Å². The molecule has 2 heterocycles. The van der Waals surface area contributed by atoms with E-state index >= 15 is 0 Å². The lowest BCUT2D eigenvalue weighted by Crippen LogP contribution is -2.02. The highest BCUT2D eigenvalue weighted by Gasteiger charge is 2.12. The van der Waals surface area contributed by atoms with E-state index in [2.05, 4.69) is 15.3 Å². The SMILES string of the molecule is O=[N+]([O-])c1ccccc1CNc1csc(-c2cnccn2)c1. The van der Waals surface area contributed by atoms with E-state index in [0.717, 1.165) is 16.3 Å². The van der Waals surface area contributed by atoms with Gasteiger partial charge in [-0.2, -0.15) is 0 Å². The number of hydrogen-bond acceptors (Lipinski definition) is 6. The molecule has 6 nitrogen and oxygen atoms in total. The Morgan fingerprint density at radius 2 is 2.14 bits per heavy atom. The maximum atomic E-state index is 11.0. The van der Waals surface area contributed by atoms with Gasteiger partial charge in [-0.25, -0.2) is 0 Å². The molecule has 0 saturated carbocycles. The molecule has 0 spiro atoms. The summed E-state index contributed by atoms with van der Waals surface area (Å²) in [6.45, 7) is 0.397. The molecule has 0 aliphatic rings. The van der Waals surface area contributed by atoms with Crippen LogP contribution in [0.25, 0.3) is 10.6 Å². The molecule has 22 heavy (non-hydrogen) atoms. The lowest BCUT2D eigenvalue weighted by atomic mass is 10.2. The zero-order valence-electron chi connectivity index (χ0n) is 11.5. The fourth-order valence-electron chi connectivity index (χ4n) is 2.03. The molecule has 1 N–H and O–H groups in total. The summed E-state index contributed by atoms with van der Waals surface area (Å²) >= 11 is 1.55. The zero-order chi connectivity index (χ0) is 15.4. The number of thiophene rings is 1. The monoisotopic (exact) mass is 312 g/mol. The number of rotatable bonds is 5. The third-order valence-electron chi connectivity index (χ3n) is 3.09. The third kappa shape index (κ3) is 3.09. The first-order chi connectivity index (χ1) is 10.7. The van der Waals surface area contributed by atoms with Crippen LogP contribution in [0.5, 0.6) is 0 Å². The number of nitrogens with zero attached hydrogens (tertiary/aromatic N) is 3. The second kappa shape index (κ2) is 6.31. The fraction of sp³-hybridized carbons (Fsp3) is 0.0667.